The zero-order valence-electron chi connectivity index (χ0n) is 10.2. The van der Waals surface area contributed by atoms with E-state index in [1.807, 2.05) is 0 Å². The second-order valence-corrected chi connectivity index (χ2v) is 6.33. The number of halogens is 3. The van der Waals surface area contributed by atoms with Gasteiger partial charge in [0.2, 0.25) is 0 Å². The third-order valence-corrected chi connectivity index (χ3v) is 5.11. The highest BCUT2D eigenvalue weighted by Gasteiger charge is 2.40. The molecule has 1 aromatic carbocycles. The van der Waals surface area contributed by atoms with E-state index in [0.29, 0.717) is 11.5 Å². The van der Waals surface area contributed by atoms with E-state index in [4.69, 9.17) is 11.6 Å². The number of fused-ring (bicyclic) bond motifs is 2. The number of rotatable bonds is 3. The van der Waals surface area contributed by atoms with E-state index in [9.17, 15) is 8.78 Å². The summed E-state index contributed by atoms with van der Waals surface area (Å²) in [6.07, 6.45) is 6.08. The highest BCUT2D eigenvalue weighted by molar-refractivity contribution is 6.20. The van der Waals surface area contributed by atoms with Gasteiger partial charge >= 0.3 is 0 Å². The molecule has 2 aliphatic rings. The molecular weight excluding hydrogens is 254 g/mol. The summed E-state index contributed by atoms with van der Waals surface area (Å²) < 4.78 is 26.5. The van der Waals surface area contributed by atoms with E-state index in [1.54, 1.807) is 0 Å². The van der Waals surface area contributed by atoms with Crippen molar-refractivity contribution in [1.29, 1.82) is 0 Å². The third-order valence-electron chi connectivity index (χ3n) is 4.69. The minimum atomic E-state index is -0.542. The van der Waals surface area contributed by atoms with Crippen LogP contribution in [0, 0.1) is 29.4 Å². The van der Waals surface area contributed by atoms with Crippen LogP contribution < -0.4 is 0 Å². The molecule has 0 amide bonds. The molecule has 0 nitrogen and oxygen atoms in total. The van der Waals surface area contributed by atoms with Crippen LogP contribution in [0.25, 0.3) is 0 Å². The molecule has 2 aliphatic carbocycles. The van der Waals surface area contributed by atoms with Crippen LogP contribution in [0.3, 0.4) is 0 Å². The van der Waals surface area contributed by atoms with Crippen molar-refractivity contribution in [3.8, 4) is 0 Å². The monoisotopic (exact) mass is 270 g/mol. The van der Waals surface area contributed by atoms with E-state index in [-0.39, 0.29) is 5.38 Å². The first-order chi connectivity index (χ1) is 8.63. The van der Waals surface area contributed by atoms with Crippen molar-refractivity contribution in [2.24, 2.45) is 17.8 Å². The second-order valence-electron chi connectivity index (χ2n) is 5.80. The van der Waals surface area contributed by atoms with Gasteiger partial charge in [-0.1, -0.05) is 12.5 Å². The van der Waals surface area contributed by atoms with Gasteiger partial charge in [-0.3, -0.25) is 0 Å². The van der Waals surface area contributed by atoms with Crippen molar-refractivity contribution < 1.29 is 8.78 Å². The molecule has 0 aromatic heterocycles. The van der Waals surface area contributed by atoms with Crippen LogP contribution in [0.5, 0.6) is 0 Å². The van der Waals surface area contributed by atoms with E-state index < -0.39 is 11.6 Å². The quantitative estimate of drug-likeness (QED) is 0.673. The molecule has 2 bridgehead atoms. The largest absolute Gasteiger partial charge is 0.207 e. The Morgan fingerprint density at radius 1 is 1.22 bits per heavy atom. The second kappa shape index (κ2) is 4.80. The lowest BCUT2D eigenvalue weighted by Gasteiger charge is -2.24. The Morgan fingerprint density at radius 2 is 2.06 bits per heavy atom. The molecule has 2 saturated carbocycles. The molecule has 4 unspecified atom stereocenters. The molecule has 0 spiro atoms. The van der Waals surface area contributed by atoms with Crippen molar-refractivity contribution in [3.63, 3.8) is 0 Å². The summed E-state index contributed by atoms with van der Waals surface area (Å²) in [6.45, 7) is 0. The number of hydrogen-bond acceptors (Lipinski definition) is 0. The van der Waals surface area contributed by atoms with Crippen LogP contribution in [0.4, 0.5) is 8.78 Å². The van der Waals surface area contributed by atoms with Gasteiger partial charge in [-0.2, -0.15) is 0 Å². The lowest BCUT2D eigenvalue weighted by molar-refractivity contribution is 0.310. The number of hydrogen-bond donors (Lipinski definition) is 0. The van der Waals surface area contributed by atoms with Crippen molar-refractivity contribution in [2.45, 2.75) is 37.5 Å². The van der Waals surface area contributed by atoms with Crippen LogP contribution in [-0.2, 0) is 0 Å². The SMILES string of the molecule is Fc1ccc(C(Cl)CC2CC3CCC2C3)c(F)c1. The lowest BCUT2D eigenvalue weighted by Crippen LogP contribution is -2.13. The van der Waals surface area contributed by atoms with Crippen LogP contribution in [0.15, 0.2) is 18.2 Å². The van der Waals surface area contributed by atoms with Gasteiger partial charge in [-0.05, 0) is 49.5 Å². The van der Waals surface area contributed by atoms with Gasteiger partial charge in [0.05, 0.1) is 5.38 Å². The summed E-state index contributed by atoms with van der Waals surface area (Å²) in [7, 11) is 0. The number of alkyl halides is 1. The lowest BCUT2D eigenvalue weighted by atomic mass is 9.84. The van der Waals surface area contributed by atoms with Gasteiger partial charge in [-0.15, -0.1) is 11.6 Å². The fraction of sp³-hybridized carbons (Fsp3) is 0.600. The molecule has 3 rings (SSSR count). The van der Waals surface area contributed by atoms with E-state index in [0.717, 1.165) is 24.3 Å². The number of benzene rings is 1. The Kier molecular flexibility index (Phi) is 3.31. The van der Waals surface area contributed by atoms with Crippen LogP contribution in [-0.4, -0.2) is 0 Å². The third kappa shape index (κ3) is 2.27. The highest BCUT2D eigenvalue weighted by Crippen LogP contribution is 2.51. The fourth-order valence-electron chi connectivity index (χ4n) is 3.81. The first-order valence-electron chi connectivity index (χ1n) is 6.72. The Hall–Kier alpha value is -0.630. The summed E-state index contributed by atoms with van der Waals surface area (Å²) in [5.41, 5.74) is 0.445. The zero-order valence-corrected chi connectivity index (χ0v) is 11.0. The Bertz CT molecular complexity index is 446. The molecular formula is C15H17ClF2. The minimum absolute atomic E-state index is 0.324. The smallest absolute Gasteiger partial charge is 0.130 e. The average molecular weight is 271 g/mol. The van der Waals surface area contributed by atoms with Gasteiger partial charge in [0.25, 0.3) is 0 Å². The molecule has 4 atom stereocenters. The van der Waals surface area contributed by atoms with E-state index >= 15 is 0 Å². The maximum atomic E-state index is 13.6. The van der Waals surface area contributed by atoms with Gasteiger partial charge < -0.3 is 0 Å². The van der Waals surface area contributed by atoms with E-state index in [1.165, 1.54) is 37.8 Å². The Balaban J connectivity index is 1.69. The maximum Gasteiger partial charge on any atom is 0.130 e. The van der Waals surface area contributed by atoms with Gasteiger partial charge in [-0.25, -0.2) is 8.78 Å². The summed E-state index contributed by atoms with van der Waals surface area (Å²) >= 11 is 6.32. The molecule has 0 radical (unpaired) electrons. The molecule has 18 heavy (non-hydrogen) atoms. The Morgan fingerprint density at radius 3 is 2.67 bits per heavy atom. The fourth-order valence-corrected chi connectivity index (χ4v) is 4.22. The predicted molar refractivity (Wildman–Crippen MR) is 68.5 cm³/mol. The van der Waals surface area contributed by atoms with Crippen molar-refractivity contribution in [2.75, 3.05) is 0 Å². The van der Waals surface area contributed by atoms with E-state index in [2.05, 4.69) is 0 Å². The van der Waals surface area contributed by atoms with Gasteiger partial charge in [0.15, 0.2) is 0 Å². The molecule has 1 aromatic rings. The summed E-state index contributed by atoms with van der Waals surface area (Å²) in [5, 5.41) is -0.324. The van der Waals surface area contributed by atoms with Crippen molar-refractivity contribution >= 4 is 11.6 Å². The van der Waals surface area contributed by atoms with Crippen molar-refractivity contribution in [1.82, 2.24) is 0 Å². The molecule has 0 heterocycles. The van der Waals surface area contributed by atoms with Crippen LogP contribution in [0.1, 0.15) is 43.0 Å². The predicted octanol–water partition coefficient (Wildman–Crippen LogP) is 5.07. The summed E-state index contributed by atoms with van der Waals surface area (Å²) in [4.78, 5) is 0. The first kappa shape index (κ1) is 12.4. The Labute approximate surface area is 111 Å². The topological polar surface area (TPSA) is 0 Å². The molecule has 0 aliphatic heterocycles. The zero-order chi connectivity index (χ0) is 12.7. The normalized spacial score (nSPS) is 31.8. The maximum absolute atomic E-state index is 13.6. The van der Waals surface area contributed by atoms with Crippen molar-refractivity contribution in [3.05, 3.63) is 35.4 Å². The van der Waals surface area contributed by atoms with Gasteiger partial charge in [0, 0.05) is 11.6 Å². The standard InChI is InChI=1S/C15H17ClF2/c16-14(13-4-3-12(17)8-15(13)18)7-11-6-9-1-2-10(11)5-9/h3-4,8-11,14H,1-2,5-7H2. The van der Waals surface area contributed by atoms with Gasteiger partial charge in [0.1, 0.15) is 11.6 Å². The molecule has 0 saturated heterocycles. The first-order valence-corrected chi connectivity index (χ1v) is 7.16. The average Bonchev–Trinajstić information content (AvgIpc) is 2.90. The molecule has 2 fully saturated rings. The highest BCUT2D eigenvalue weighted by atomic mass is 35.5. The summed E-state index contributed by atoms with van der Waals surface area (Å²) in [5.74, 6) is 1.25. The summed E-state index contributed by atoms with van der Waals surface area (Å²) in [6, 6.07) is 3.69. The molecule has 3 heteroatoms. The minimum Gasteiger partial charge on any atom is -0.207 e. The van der Waals surface area contributed by atoms with Crippen LogP contribution in [0.2, 0.25) is 0 Å². The molecule has 98 valence electrons. The van der Waals surface area contributed by atoms with Crippen LogP contribution >= 0.6 is 11.6 Å². The molecule has 0 N–H and O–H groups in total.